The van der Waals surface area contributed by atoms with Crippen LogP contribution >= 0.6 is 24.0 Å². The summed E-state index contributed by atoms with van der Waals surface area (Å²) in [5.74, 6) is 1.14. The molecule has 1 aromatic carbocycles. The summed E-state index contributed by atoms with van der Waals surface area (Å²) in [7, 11) is 2.01. The molecule has 0 radical (unpaired) electrons. The summed E-state index contributed by atoms with van der Waals surface area (Å²) in [6.45, 7) is 6.35. The van der Waals surface area contributed by atoms with Gasteiger partial charge in [0.25, 0.3) is 0 Å². The van der Waals surface area contributed by atoms with E-state index in [1.54, 1.807) is 0 Å². The van der Waals surface area contributed by atoms with E-state index in [9.17, 15) is 0 Å². The van der Waals surface area contributed by atoms with Gasteiger partial charge in [-0.2, -0.15) is 4.98 Å². The Hall–Kier alpha value is -1.14. The lowest BCUT2D eigenvalue weighted by Crippen LogP contribution is -2.36. The minimum Gasteiger partial charge on any atom is -0.338 e. The van der Waals surface area contributed by atoms with Crippen LogP contribution in [0.25, 0.3) is 11.4 Å². The zero-order valence-electron chi connectivity index (χ0n) is 13.0. The number of halogens is 2. The molecule has 0 aliphatic heterocycles. The largest absolute Gasteiger partial charge is 0.338 e. The summed E-state index contributed by atoms with van der Waals surface area (Å²) in [5, 5.41) is 4.65. The predicted octanol–water partition coefficient (Wildman–Crippen LogP) is 3.23. The van der Waals surface area contributed by atoms with E-state index >= 15 is 0 Å². The van der Waals surface area contributed by atoms with E-state index in [-0.39, 0.29) is 17.8 Å². The first kappa shape index (κ1) is 18.9. The third-order valence-corrected chi connectivity index (χ3v) is 3.44. The van der Waals surface area contributed by atoms with Gasteiger partial charge < -0.3 is 10.3 Å². The Labute approximate surface area is 142 Å². The molecule has 0 atom stereocenters. The van der Waals surface area contributed by atoms with Crippen LogP contribution in [0.3, 0.4) is 0 Å². The Morgan fingerprint density at radius 3 is 2.73 bits per heavy atom. The van der Waals surface area contributed by atoms with Crippen LogP contribution in [-0.2, 0) is 6.54 Å². The van der Waals surface area contributed by atoms with E-state index < -0.39 is 0 Å². The highest BCUT2D eigenvalue weighted by Gasteiger charge is 2.19. The van der Waals surface area contributed by atoms with Crippen LogP contribution < -0.4 is 5.73 Å². The van der Waals surface area contributed by atoms with Crippen molar-refractivity contribution in [1.29, 1.82) is 0 Å². The van der Waals surface area contributed by atoms with E-state index in [4.69, 9.17) is 21.9 Å². The smallest absolute Gasteiger partial charge is 0.241 e. The molecule has 7 heteroatoms. The van der Waals surface area contributed by atoms with Crippen LogP contribution in [0.4, 0.5) is 0 Å². The van der Waals surface area contributed by atoms with E-state index in [1.807, 2.05) is 31.3 Å². The number of benzene rings is 1. The molecular weight excluding hydrogens is 323 g/mol. The summed E-state index contributed by atoms with van der Waals surface area (Å²) in [6.07, 6.45) is 0. The molecule has 0 aliphatic carbocycles. The molecule has 0 unspecified atom stereocenters. The van der Waals surface area contributed by atoms with Gasteiger partial charge in [0.05, 0.1) is 6.54 Å². The van der Waals surface area contributed by atoms with Crippen molar-refractivity contribution >= 4 is 24.0 Å². The molecule has 2 N–H and O–H groups in total. The maximum absolute atomic E-state index is 5.97. The molecule has 5 nitrogen and oxygen atoms in total. The van der Waals surface area contributed by atoms with Crippen LogP contribution in [0.15, 0.2) is 28.8 Å². The Bertz CT molecular complexity index is 601. The first-order valence-electron chi connectivity index (χ1n) is 6.87. The fraction of sp³-hybridized carbons (Fsp3) is 0.467. The Morgan fingerprint density at radius 1 is 1.36 bits per heavy atom. The maximum atomic E-state index is 5.97. The zero-order chi connectivity index (χ0) is 15.5. The Morgan fingerprint density at radius 2 is 2.09 bits per heavy atom. The molecule has 0 saturated heterocycles. The molecule has 0 fully saturated rings. The van der Waals surface area contributed by atoms with Crippen LogP contribution in [0.5, 0.6) is 0 Å². The Kier molecular flexibility index (Phi) is 6.81. The number of hydrogen-bond donors (Lipinski definition) is 1. The van der Waals surface area contributed by atoms with Gasteiger partial charge in [-0.25, -0.2) is 0 Å². The van der Waals surface area contributed by atoms with Gasteiger partial charge in [0.15, 0.2) is 0 Å². The van der Waals surface area contributed by atoms with E-state index in [0.717, 1.165) is 12.1 Å². The number of nitrogens with zero attached hydrogens (tertiary/aromatic N) is 3. The molecule has 1 heterocycles. The fourth-order valence-electron chi connectivity index (χ4n) is 2.15. The summed E-state index contributed by atoms with van der Waals surface area (Å²) >= 11 is 5.97. The molecule has 1 aromatic heterocycles. The standard InChI is InChI=1S/C15H21ClN4O.ClH/c1-15(2,9-17)10-20(3)8-13-18-14(19-21-13)11-5-4-6-12(16)7-11;/h4-7H,8-10,17H2,1-3H3;1H. The first-order chi connectivity index (χ1) is 9.89. The lowest BCUT2D eigenvalue weighted by Gasteiger charge is -2.27. The van der Waals surface area contributed by atoms with Crippen molar-refractivity contribution in [3.8, 4) is 11.4 Å². The van der Waals surface area contributed by atoms with Crippen molar-refractivity contribution in [2.24, 2.45) is 11.1 Å². The van der Waals surface area contributed by atoms with E-state index in [1.165, 1.54) is 0 Å². The molecule has 22 heavy (non-hydrogen) atoms. The highest BCUT2D eigenvalue weighted by Crippen LogP contribution is 2.21. The van der Waals surface area contributed by atoms with Crippen LogP contribution in [-0.4, -0.2) is 35.2 Å². The van der Waals surface area contributed by atoms with Crippen molar-refractivity contribution < 1.29 is 4.52 Å². The molecule has 0 amide bonds. The van der Waals surface area contributed by atoms with Gasteiger partial charge in [0.1, 0.15) is 0 Å². The minimum absolute atomic E-state index is 0. The van der Waals surface area contributed by atoms with Gasteiger partial charge in [0, 0.05) is 17.1 Å². The van der Waals surface area contributed by atoms with Gasteiger partial charge in [-0.1, -0.05) is 42.7 Å². The quantitative estimate of drug-likeness (QED) is 0.871. The topological polar surface area (TPSA) is 68.2 Å². The lowest BCUT2D eigenvalue weighted by molar-refractivity contribution is 0.189. The number of hydrogen-bond acceptors (Lipinski definition) is 5. The maximum Gasteiger partial charge on any atom is 0.241 e. The monoisotopic (exact) mass is 344 g/mol. The number of rotatable bonds is 6. The predicted molar refractivity (Wildman–Crippen MR) is 91.2 cm³/mol. The van der Waals surface area contributed by atoms with Gasteiger partial charge in [-0.05, 0) is 31.1 Å². The second-order valence-corrected chi connectivity index (χ2v) is 6.50. The van der Waals surface area contributed by atoms with E-state index in [2.05, 4.69) is 28.9 Å². The lowest BCUT2D eigenvalue weighted by atomic mass is 9.93. The summed E-state index contributed by atoms with van der Waals surface area (Å²) in [6, 6.07) is 7.40. The van der Waals surface area contributed by atoms with Gasteiger partial charge in [-0.15, -0.1) is 12.4 Å². The molecular formula is C15H22Cl2N4O. The molecule has 2 rings (SSSR count). The SMILES string of the molecule is CN(Cc1nc(-c2cccc(Cl)c2)no1)CC(C)(C)CN.Cl. The highest BCUT2D eigenvalue weighted by atomic mass is 35.5. The number of nitrogens with two attached hydrogens (primary N) is 1. The zero-order valence-corrected chi connectivity index (χ0v) is 14.6. The molecule has 122 valence electrons. The van der Waals surface area contributed by atoms with Crippen molar-refractivity contribution in [3.05, 3.63) is 35.2 Å². The summed E-state index contributed by atoms with van der Waals surface area (Å²) in [4.78, 5) is 6.54. The van der Waals surface area contributed by atoms with Gasteiger partial charge in [-0.3, -0.25) is 4.90 Å². The second kappa shape index (κ2) is 7.92. The summed E-state index contributed by atoms with van der Waals surface area (Å²) < 4.78 is 5.30. The van der Waals surface area contributed by atoms with Crippen molar-refractivity contribution in [3.63, 3.8) is 0 Å². The van der Waals surface area contributed by atoms with Crippen LogP contribution in [0, 0.1) is 5.41 Å². The normalized spacial score (nSPS) is 11.5. The molecule has 0 aliphatic rings. The highest BCUT2D eigenvalue weighted by molar-refractivity contribution is 6.30. The molecule has 0 spiro atoms. The Balaban J connectivity index is 0.00000242. The van der Waals surface area contributed by atoms with Crippen molar-refractivity contribution in [2.75, 3.05) is 20.1 Å². The molecule has 2 aromatic rings. The van der Waals surface area contributed by atoms with Crippen molar-refractivity contribution in [2.45, 2.75) is 20.4 Å². The average Bonchev–Trinajstić information content (AvgIpc) is 2.86. The number of aromatic nitrogens is 2. The van der Waals surface area contributed by atoms with Gasteiger partial charge >= 0.3 is 0 Å². The third-order valence-electron chi connectivity index (χ3n) is 3.21. The first-order valence-corrected chi connectivity index (χ1v) is 7.24. The van der Waals surface area contributed by atoms with Crippen LogP contribution in [0.1, 0.15) is 19.7 Å². The van der Waals surface area contributed by atoms with E-state index in [0.29, 0.717) is 29.8 Å². The second-order valence-electron chi connectivity index (χ2n) is 6.06. The average molecular weight is 345 g/mol. The fourth-order valence-corrected chi connectivity index (χ4v) is 2.34. The summed E-state index contributed by atoms with van der Waals surface area (Å²) in [5.41, 5.74) is 6.66. The molecule has 0 bridgehead atoms. The van der Waals surface area contributed by atoms with Gasteiger partial charge in [0.2, 0.25) is 11.7 Å². The van der Waals surface area contributed by atoms with Crippen molar-refractivity contribution in [1.82, 2.24) is 15.0 Å². The third kappa shape index (κ3) is 5.25. The minimum atomic E-state index is 0. The molecule has 0 saturated carbocycles. The van der Waals surface area contributed by atoms with Crippen LogP contribution in [0.2, 0.25) is 5.02 Å².